The van der Waals surface area contributed by atoms with Crippen LogP contribution in [-0.2, 0) is 10.0 Å². The molecule has 118 valence electrons. The van der Waals surface area contributed by atoms with Gasteiger partial charge in [0.25, 0.3) is 5.91 Å². The van der Waals surface area contributed by atoms with E-state index in [-0.39, 0.29) is 12.5 Å². The second-order valence-electron chi connectivity index (χ2n) is 5.75. The molecule has 1 saturated heterocycles. The highest BCUT2D eigenvalue weighted by molar-refractivity contribution is 7.89. The van der Waals surface area contributed by atoms with Gasteiger partial charge in [-0.25, -0.2) is 13.6 Å². The molecule has 3 N–H and O–H groups in total. The highest BCUT2D eigenvalue weighted by atomic mass is 32.2. The Bertz CT molecular complexity index is 828. The molecule has 0 saturated carbocycles. The first-order valence-corrected chi connectivity index (χ1v) is 8.72. The van der Waals surface area contributed by atoms with Gasteiger partial charge in [0.15, 0.2) is 0 Å². The number of nitrogens with zero attached hydrogens (tertiary/aromatic N) is 2. The van der Waals surface area contributed by atoms with Gasteiger partial charge in [-0.15, -0.1) is 0 Å². The van der Waals surface area contributed by atoms with Gasteiger partial charge in [-0.2, -0.15) is 5.10 Å². The summed E-state index contributed by atoms with van der Waals surface area (Å²) in [4.78, 5) is 14.3. The number of likely N-dealkylation sites (tertiary alicyclic amines) is 1. The Kier molecular flexibility index (Phi) is 3.65. The largest absolute Gasteiger partial charge is 0.337 e. The van der Waals surface area contributed by atoms with Crippen molar-refractivity contribution < 1.29 is 13.2 Å². The number of carbonyl (C=O) groups excluding carboxylic acids is 1. The van der Waals surface area contributed by atoms with Gasteiger partial charge in [-0.1, -0.05) is 0 Å². The second-order valence-corrected chi connectivity index (χ2v) is 7.60. The molecule has 3 rings (SSSR count). The van der Waals surface area contributed by atoms with Crippen molar-refractivity contribution in [3.05, 3.63) is 29.5 Å². The molecule has 0 radical (unpaired) electrons. The third-order valence-corrected chi connectivity index (χ3v) is 5.37. The lowest BCUT2D eigenvalue weighted by molar-refractivity contribution is 0.0728. The highest BCUT2D eigenvalue weighted by Crippen LogP contribution is 2.23. The van der Waals surface area contributed by atoms with Crippen LogP contribution < -0.4 is 5.14 Å². The number of rotatable bonds is 2. The number of aromatic amines is 1. The van der Waals surface area contributed by atoms with Crippen LogP contribution in [0.2, 0.25) is 0 Å². The van der Waals surface area contributed by atoms with Crippen LogP contribution in [-0.4, -0.2) is 47.8 Å². The lowest BCUT2D eigenvalue weighted by Crippen LogP contribution is -2.47. The van der Waals surface area contributed by atoms with Gasteiger partial charge in [-0.05, 0) is 37.5 Å². The van der Waals surface area contributed by atoms with E-state index in [4.69, 9.17) is 5.14 Å². The van der Waals surface area contributed by atoms with Gasteiger partial charge in [0.2, 0.25) is 10.0 Å². The number of hydrogen-bond donors (Lipinski definition) is 2. The van der Waals surface area contributed by atoms with Crippen molar-refractivity contribution in [2.24, 2.45) is 5.14 Å². The number of amides is 1. The topological polar surface area (TPSA) is 109 Å². The third-order valence-electron chi connectivity index (χ3n) is 4.05. The Balaban J connectivity index is 1.94. The van der Waals surface area contributed by atoms with Crippen molar-refractivity contribution in [1.29, 1.82) is 0 Å². The molecule has 22 heavy (non-hydrogen) atoms. The summed E-state index contributed by atoms with van der Waals surface area (Å²) in [6.07, 6.45) is 2.79. The fourth-order valence-electron chi connectivity index (χ4n) is 2.94. The summed E-state index contributed by atoms with van der Waals surface area (Å²) < 4.78 is 23.1. The lowest BCUT2D eigenvalue weighted by atomic mass is 10.0. The zero-order chi connectivity index (χ0) is 15.9. The van der Waals surface area contributed by atoms with Gasteiger partial charge >= 0.3 is 0 Å². The molecule has 1 atom stereocenters. The molecular weight excluding hydrogens is 304 g/mol. The number of piperidine rings is 1. The Labute approximate surface area is 128 Å². The molecule has 1 aromatic heterocycles. The Hall–Kier alpha value is -1.93. The number of sulfonamides is 1. The average Bonchev–Trinajstić information content (AvgIpc) is 2.93. The van der Waals surface area contributed by atoms with Crippen LogP contribution in [0.4, 0.5) is 0 Å². The predicted octanol–water partition coefficient (Wildman–Crippen LogP) is 0.764. The second kappa shape index (κ2) is 5.36. The number of aryl methyl sites for hydroxylation is 1. The number of benzene rings is 1. The minimum Gasteiger partial charge on any atom is -0.337 e. The van der Waals surface area contributed by atoms with Crippen molar-refractivity contribution in [3.8, 4) is 0 Å². The number of fused-ring (bicyclic) bond motifs is 1. The molecule has 1 amide bonds. The van der Waals surface area contributed by atoms with Crippen LogP contribution in [0.1, 0.15) is 28.8 Å². The van der Waals surface area contributed by atoms with E-state index in [1.165, 1.54) is 0 Å². The zero-order valence-corrected chi connectivity index (χ0v) is 13.1. The summed E-state index contributed by atoms with van der Waals surface area (Å²) in [7, 11) is -3.63. The molecule has 1 aliphatic heterocycles. The maximum Gasteiger partial charge on any atom is 0.256 e. The van der Waals surface area contributed by atoms with Crippen molar-refractivity contribution in [3.63, 3.8) is 0 Å². The quantitative estimate of drug-likeness (QED) is 0.850. The molecule has 1 fully saturated rings. The average molecular weight is 322 g/mol. The molecule has 0 bridgehead atoms. The van der Waals surface area contributed by atoms with Crippen molar-refractivity contribution in [1.82, 2.24) is 15.1 Å². The summed E-state index contributed by atoms with van der Waals surface area (Å²) in [6, 6.07) is 3.74. The first kappa shape index (κ1) is 15.0. The minimum absolute atomic E-state index is 0.140. The smallest absolute Gasteiger partial charge is 0.256 e. The Morgan fingerprint density at radius 3 is 2.95 bits per heavy atom. The molecule has 7 nitrogen and oxygen atoms in total. The van der Waals surface area contributed by atoms with E-state index in [9.17, 15) is 13.2 Å². The number of nitrogens with two attached hydrogens (primary N) is 1. The standard InChI is InChI=1S/C14H18N4O3S/c1-9-5-10-7-16-17-13(10)12(6-9)14(19)18-4-2-3-11(8-18)22(15,20)21/h5-7,11H,2-4,8H2,1H3,(H,16,17)(H2,15,20,21). The number of primary sulfonamides is 1. The van der Waals surface area contributed by atoms with E-state index < -0.39 is 15.3 Å². The van der Waals surface area contributed by atoms with Gasteiger partial charge < -0.3 is 4.90 Å². The Morgan fingerprint density at radius 2 is 2.23 bits per heavy atom. The van der Waals surface area contributed by atoms with Crippen LogP contribution in [0.15, 0.2) is 18.3 Å². The monoisotopic (exact) mass is 322 g/mol. The van der Waals surface area contributed by atoms with Gasteiger partial charge in [0.1, 0.15) is 0 Å². The highest BCUT2D eigenvalue weighted by Gasteiger charge is 2.31. The predicted molar refractivity (Wildman–Crippen MR) is 82.9 cm³/mol. The fraction of sp³-hybridized carbons (Fsp3) is 0.429. The molecule has 1 aliphatic rings. The minimum atomic E-state index is -3.63. The molecule has 1 aromatic carbocycles. The van der Waals surface area contributed by atoms with Crippen LogP contribution in [0, 0.1) is 6.92 Å². The van der Waals surface area contributed by atoms with Crippen molar-refractivity contribution >= 4 is 26.8 Å². The number of nitrogens with one attached hydrogen (secondary N) is 1. The van der Waals surface area contributed by atoms with Crippen LogP contribution >= 0.6 is 0 Å². The molecule has 2 heterocycles. The van der Waals surface area contributed by atoms with Gasteiger partial charge in [0, 0.05) is 18.5 Å². The first-order valence-electron chi connectivity index (χ1n) is 7.11. The molecule has 0 aliphatic carbocycles. The zero-order valence-electron chi connectivity index (χ0n) is 12.2. The van der Waals surface area contributed by atoms with Crippen LogP contribution in [0.3, 0.4) is 0 Å². The van der Waals surface area contributed by atoms with Crippen LogP contribution in [0.25, 0.3) is 10.9 Å². The summed E-state index contributed by atoms with van der Waals surface area (Å²) >= 11 is 0. The van der Waals surface area contributed by atoms with E-state index in [2.05, 4.69) is 10.2 Å². The van der Waals surface area contributed by atoms with E-state index >= 15 is 0 Å². The SMILES string of the molecule is Cc1cc(C(=O)N2CCCC(S(N)(=O)=O)C2)c2[nH]ncc2c1. The number of H-pyrrole nitrogens is 1. The maximum absolute atomic E-state index is 12.8. The van der Waals surface area contributed by atoms with E-state index in [1.807, 2.05) is 13.0 Å². The fourth-order valence-corrected chi connectivity index (χ4v) is 3.82. The summed E-state index contributed by atoms with van der Waals surface area (Å²) in [5.41, 5.74) is 2.15. The van der Waals surface area contributed by atoms with E-state index in [0.29, 0.717) is 30.5 Å². The summed E-state index contributed by atoms with van der Waals surface area (Å²) in [5.74, 6) is -0.189. The van der Waals surface area contributed by atoms with Crippen molar-refractivity contribution in [2.75, 3.05) is 13.1 Å². The third kappa shape index (κ3) is 2.71. The molecular formula is C14H18N4O3S. The molecule has 8 heteroatoms. The normalized spacial score (nSPS) is 19.5. The van der Waals surface area contributed by atoms with E-state index in [1.54, 1.807) is 17.2 Å². The van der Waals surface area contributed by atoms with Crippen LogP contribution in [0.5, 0.6) is 0 Å². The van der Waals surface area contributed by atoms with Crippen molar-refractivity contribution in [2.45, 2.75) is 25.0 Å². The summed E-state index contributed by atoms with van der Waals surface area (Å²) in [5, 5.41) is 12.2. The summed E-state index contributed by atoms with van der Waals surface area (Å²) in [6.45, 7) is 2.59. The number of carbonyl (C=O) groups is 1. The molecule has 1 unspecified atom stereocenters. The number of aromatic nitrogens is 2. The first-order chi connectivity index (χ1) is 10.4. The number of hydrogen-bond acceptors (Lipinski definition) is 4. The van der Waals surface area contributed by atoms with Gasteiger partial charge in [-0.3, -0.25) is 9.89 Å². The van der Waals surface area contributed by atoms with Gasteiger partial charge in [0.05, 0.1) is 22.5 Å². The maximum atomic E-state index is 12.8. The van der Waals surface area contributed by atoms with E-state index in [0.717, 1.165) is 10.9 Å². The lowest BCUT2D eigenvalue weighted by Gasteiger charge is -2.31. The Morgan fingerprint density at radius 1 is 1.45 bits per heavy atom. The molecule has 0 spiro atoms. The molecule has 2 aromatic rings.